The molecule has 0 aliphatic heterocycles. The first-order valence-corrected chi connectivity index (χ1v) is 7.78. The summed E-state index contributed by atoms with van der Waals surface area (Å²) >= 11 is 0. The van der Waals surface area contributed by atoms with E-state index in [0.717, 1.165) is 12.8 Å². The summed E-state index contributed by atoms with van der Waals surface area (Å²) in [7, 11) is 1.72. The van der Waals surface area contributed by atoms with Crippen molar-refractivity contribution in [2.45, 2.75) is 39.0 Å². The number of hydrogen-bond donors (Lipinski definition) is 0. The van der Waals surface area contributed by atoms with Crippen LogP contribution in [0.25, 0.3) is 0 Å². The number of hydrogen-bond acceptors (Lipinski definition) is 3. The maximum atomic E-state index is 12.5. The summed E-state index contributed by atoms with van der Waals surface area (Å²) in [6.45, 7) is 2.13. The van der Waals surface area contributed by atoms with Gasteiger partial charge in [0.25, 0.3) is 0 Å². The molecule has 0 bridgehead atoms. The summed E-state index contributed by atoms with van der Waals surface area (Å²) < 4.78 is 0. The van der Waals surface area contributed by atoms with E-state index in [0.29, 0.717) is 11.5 Å². The van der Waals surface area contributed by atoms with Crippen molar-refractivity contribution in [3.8, 4) is 0 Å². The number of carbonyl (C=O) groups excluding carboxylic acids is 2. The zero-order chi connectivity index (χ0) is 15.2. The van der Waals surface area contributed by atoms with E-state index in [9.17, 15) is 9.59 Å². The molecule has 4 nitrogen and oxygen atoms in total. The van der Waals surface area contributed by atoms with Gasteiger partial charge >= 0.3 is 0 Å². The molecule has 4 heteroatoms. The smallest absolute Gasteiger partial charge is 0.225 e. The molecule has 21 heavy (non-hydrogen) atoms. The Morgan fingerprint density at radius 1 is 1.33 bits per heavy atom. The van der Waals surface area contributed by atoms with Gasteiger partial charge < -0.3 is 4.90 Å². The molecule has 1 aromatic heterocycles. The summed E-state index contributed by atoms with van der Waals surface area (Å²) in [5, 5.41) is 0. The molecule has 0 radical (unpaired) electrons. The largest absolute Gasteiger partial charge is 0.338 e. The third-order valence-electron chi connectivity index (χ3n) is 4.49. The molecule has 1 atom stereocenters. The fraction of sp³-hybridized carbons (Fsp3) is 0.588. The van der Waals surface area contributed by atoms with Crippen molar-refractivity contribution in [1.29, 1.82) is 0 Å². The third kappa shape index (κ3) is 4.13. The second-order valence-corrected chi connectivity index (χ2v) is 6.05. The predicted octanol–water partition coefficient (Wildman–Crippen LogP) is 2.94. The lowest BCUT2D eigenvalue weighted by Crippen LogP contribution is -2.38. The van der Waals surface area contributed by atoms with Crippen LogP contribution < -0.4 is 0 Å². The van der Waals surface area contributed by atoms with Crippen LogP contribution in [0.4, 0.5) is 0 Å². The summed E-state index contributed by atoms with van der Waals surface area (Å²) in [6, 6.07) is 3.47. The van der Waals surface area contributed by atoms with Gasteiger partial charge in [-0.05, 0) is 30.9 Å². The molecule has 1 aliphatic rings. The van der Waals surface area contributed by atoms with Gasteiger partial charge in [0.1, 0.15) is 0 Å². The Morgan fingerprint density at radius 3 is 2.67 bits per heavy atom. The summed E-state index contributed by atoms with van der Waals surface area (Å²) in [5.74, 6) is 0.508. The molecule has 2 rings (SSSR count). The van der Waals surface area contributed by atoms with Crippen LogP contribution >= 0.6 is 0 Å². The summed E-state index contributed by atoms with van der Waals surface area (Å²) in [4.78, 5) is 30.1. The number of rotatable bonds is 5. The number of nitrogens with zero attached hydrogens (tertiary/aromatic N) is 2. The van der Waals surface area contributed by atoms with Crippen molar-refractivity contribution in [1.82, 2.24) is 9.88 Å². The fourth-order valence-electron chi connectivity index (χ4n) is 3.10. The lowest BCUT2D eigenvalue weighted by atomic mass is 9.80. The van der Waals surface area contributed by atoms with Gasteiger partial charge in [-0.3, -0.25) is 14.6 Å². The van der Waals surface area contributed by atoms with Crippen LogP contribution in [0.2, 0.25) is 0 Å². The van der Waals surface area contributed by atoms with E-state index < -0.39 is 0 Å². The lowest BCUT2D eigenvalue weighted by molar-refractivity contribution is -0.135. The van der Waals surface area contributed by atoms with E-state index in [2.05, 4.69) is 4.98 Å². The monoisotopic (exact) mass is 288 g/mol. The molecule has 1 amide bonds. The third-order valence-corrected chi connectivity index (χ3v) is 4.49. The number of carbonyl (C=O) groups is 2. The van der Waals surface area contributed by atoms with Gasteiger partial charge in [0.05, 0.1) is 6.54 Å². The SMILES string of the molecule is CC(C(=O)N(C)CC(=O)c1cccnc1)C1CCCCC1. The Kier molecular flexibility index (Phi) is 5.48. The highest BCUT2D eigenvalue weighted by Crippen LogP contribution is 2.30. The van der Waals surface area contributed by atoms with E-state index in [1.807, 2.05) is 6.92 Å². The van der Waals surface area contributed by atoms with Crippen molar-refractivity contribution in [3.63, 3.8) is 0 Å². The summed E-state index contributed by atoms with van der Waals surface area (Å²) in [5.41, 5.74) is 0.558. The fourth-order valence-corrected chi connectivity index (χ4v) is 3.10. The normalized spacial score (nSPS) is 17.2. The molecule has 0 N–H and O–H groups in total. The number of aromatic nitrogens is 1. The highest BCUT2D eigenvalue weighted by atomic mass is 16.2. The predicted molar refractivity (Wildman–Crippen MR) is 81.9 cm³/mol. The van der Waals surface area contributed by atoms with Gasteiger partial charge in [-0.15, -0.1) is 0 Å². The minimum atomic E-state index is -0.0604. The number of ketones is 1. The van der Waals surface area contributed by atoms with Crippen LogP contribution in [0.15, 0.2) is 24.5 Å². The molecule has 114 valence electrons. The molecule has 1 fully saturated rings. The molecular weight excluding hydrogens is 264 g/mol. The van der Waals surface area contributed by atoms with Gasteiger partial charge in [0.15, 0.2) is 5.78 Å². The Morgan fingerprint density at radius 2 is 2.05 bits per heavy atom. The molecule has 0 aromatic carbocycles. The molecule has 1 saturated carbocycles. The topological polar surface area (TPSA) is 50.3 Å². The van der Waals surface area contributed by atoms with Gasteiger partial charge in [0, 0.05) is 30.9 Å². The van der Waals surface area contributed by atoms with E-state index in [1.54, 1.807) is 36.5 Å². The van der Waals surface area contributed by atoms with Gasteiger partial charge in [0.2, 0.25) is 5.91 Å². The van der Waals surface area contributed by atoms with Crippen LogP contribution in [0, 0.1) is 11.8 Å². The number of pyridine rings is 1. The van der Waals surface area contributed by atoms with Crippen LogP contribution in [0.1, 0.15) is 49.4 Å². The first kappa shape index (κ1) is 15.7. The summed E-state index contributed by atoms with van der Waals surface area (Å²) in [6.07, 6.45) is 9.19. The lowest BCUT2D eigenvalue weighted by Gasteiger charge is -2.29. The molecule has 0 spiro atoms. The number of Topliss-reactive ketones (excluding diaryl/α,β-unsaturated/α-hetero) is 1. The van der Waals surface area contributed by atoms with Crippen LogP contribution in [0.5, 0.6) is 0 Å². The van der Waals surface area contributed by atoms with Gasteiger partial charge in [-0.1, -0.05) is 26.2 Å². The Bertz CT molecular complexity index is 481. The van der Waals surface area contributed by atoms with Gasteiger partial charge in [-0.2, -0.15) is 0 Å². The first-order valence-electron chi connectivity index (χ1n) is 7.78. The zero-order valence-electron chi connectivity index (χ0n) is 12.9. The second-order valence-electron chi connectivity index (χ2n) is 6.05. The minimum Gasteiger partial charge on any atom is -0.338 e. The van der Waals surface area contributed by atoms with Crippen molar-refractivity contribution in [3.05, 3.63) is 30.1 Å². The average molecular weight is 288 g/mol. The zero-order valence-corrected chi connectivity index (χ0v) is 12.9. The highest BCUT2D eigenvalue weighted by Gasteiger charge is 2.28. The van der Waals surface area contributed by atoms with Crippen LogP contribution in [0.3, 0.4) is 0 Å². The molecule has 1 aliphatic carbocycles. The number of amides is 1. The maximum Gasteiger partial charge on any atom is 0.225 e. The molecule has 1 unspecified atom stereocenters. The number of likely N-dealkylation sites (N-methyl/N-ethyl adjacent to an activating group) is 1. The quantitative estimate of drug-likeness (QED) is 0.783. The van der Waals surface area contributed by atoms with Gasteiger partial charge in [-0.25, -0.2) is 0 Å². The standard InChI is InChI=1S/C17H24N2O2/c1-13(14-7-4-3-5-8-14)17(21)19(2)12-16(20)15-9-6-10-18-11-15/h6,9-11,13-14H,3-5,7-8,12H2,1-2H3. The molecule has 0 saturated heterocycles. The first-order chi connectivity index (χ1) is 10.1. The Labute approximate surface area is 126 Å². The van der Waals surface area contributed by atoms with Crippen molar-refractivity contribution in [2.24, 2.45) is 11.8 Å². The van der Waals surface area contributed by atoms with Crippen LogP contribution in [-0.2, 0) is 4.79 Å². The van der Waals surface area contributed by atoms with Crippen molar-refractivity contribution in [2.75, 3.05) is 13.6 Å². The molecule has 1 heterocycles. The Balaban J connectivity index is 1.91. The van der Waals surface area contributed by atoms with Crippen molar-refractivity contribution < 1.29 is 9.59 Å². The molecule has 1 aromatic rings. The van der Waals surface area contributed by atoms with Crippen LogP contribution in [-0.4, -0.2) is 35.2 Å². The Hall–Kier alpha value is -1.71. The van der Waals surface area contributed by atoms with E-state index in [4.69, 9.17) is 0 Å². The highest BCUT2D eigenvalue weighted by molar-refractivity contribution is 5.99. The van der Waals surface area contributed by atoms with E-state index in [-0.39, 0.29) is 24.2 Å². The maximum absolute atomic E-state index is 12.5. The minimum absolute atomic E-state index is 0.0111. The second kappa shape index (κ2) is 7.34. The molecular formula is C17H24N2O2. The van der Waals surface area contributed by atoms with E-state index >= 15 is 0 Å². The van der Waals surface area contributed by atoms with Crippen molar-refractivity contribution >= 4 is 11.7 Å². The average Bonchev–Trinajstić information content (AvgIpc) is 2.55. The van der Waals surface area contributed by atoms with E-state index in [1.165, 1.54) is 19.3 Å².